The molecule has 1 aliphatic rings. The van der Waals surface area contributed by atoms with Crippen molar-refractivity contribution >= 4 is 17.3 Å². The monoisotopic (exact) mass is 362 g/mol. The van der Waals surface area contributed by atoms with Gasteiger partial charge in [-0.05, 0) is 13.0 Å². The molecule has 0 N–H and O–H groups in total. The number of carbonyl (C=O) groups excluding carboxylic acids is 1. The number of carbonyl (C=O) groups is 1. The Hall–Kier alpha value is -3.26. The van der Waals surface area contributed by atoms with Gasteiger partial charge in [0.1, 0.15) is 6.04 Å². The van der Waals surface area contributed by atoms with Crippen molar-refractivity contribution in [2.45, 2.75) is 19.4 Å². The smallest absolute Gasteiger partial charge is 0.252 e. The van der Waals surface area contributed by atoms with E-state index in [9.17, 15) is 4.79 Å². The second-order valence-electron chi connectivity index (χ2n) is 6.07. The molecule has 2 aromatic rings. The molecule has 1 atom stereocenters. The summed E-state index contributed by atoms with van der Waals surface area (Å²) >= 11 is 0. The molecule has 0 spiro atoms. The normalized spacial score (nSPS) is 16.1. The summed E-state index contributed by atoms with van der Waals surface area (Å²) in [6, 6.07) is 12.8. The Morgan fingerprint density at radius 3 is 2.41 bits per heavy atom. The fourth-order valence-electron chi connectivity index (χ4n) is 3.26. The van der Waals surface area contributed by atoms with Crippen LogP contribution in [0.4, 0.5) is 5.69 Å². The first-order chi connectivity index (χ1) is 13.1. The zero-order valence-electron chi connectivity index (χ0n) is 15.7. The van der Waals surface area contributed by atoms with Crippen LogP contribution in [-0.2, 0) is 4.79 Å². The number of benzene rings is 2. The maximum absolute atomic E-state index is 13.1. The molecule has 27 heavy (non-hydrogen) atoms. The molecule has 0 aromatic heterocycles. The van der Waals surface area contributed by atoms with E-state index in [1.807, 2.05) is 49.4 Å². The van der Waals surface area contributed by atoms with Crippen molar-refractivity contribution in [2.75, 3.05) is 25.7 Å². The van der Waals surface area contributed by atoms with Crippen LogP contribution < -0.4 is 14.4 Å². The van der Waals surface area contributed by atoms with Crippen LogP contribution in [0.25, 0.3) is 0 Å². The standard InChI is InChI=1S/C22H22N2O3/c1-5-10-17-22(25)24(6-2)18-14-20(27-4)19(26-3)13-16(18)21(23-17)15-11-8-7-9-12-15/h1,7-9,11-14,17H,6,10H2,2-4H3. The molecule has 3 rings (SSSR count). The molecular weight excluding hydrogens is 340 g/mol. The van der Waals surface area contributed by atoms with Crippen molar-refractivity contribution in [2.24, 2.45) is 4.99 Å². The maximum atomic E-state index is 13.1. The fraction of sp³-hybridized carbons (Fsp3) is 0.273. The number of hydrogen-bond acceptors (Lipinski definition) is 4. The summed E-state index contributed by atoms with van der Waals surface area (Å²) in [5.41, 5.74) is 3.19. The van der Waals surface area contributed by atoms with Crippen LogP contribution in [0.3, 0.4) is 0 Å². The molecule has 1 heterocycles. The molecule has 1 amide bonds. The minimum atomic E-state index is -0.630. The third kappa shape index (κ3) is 3.39. The van der Waals surface area contributed by atoms with Gasteiger partial charge in [-0.2, -0.15) is 0 Å². The quantitative estimate of drug-likeness (QED) is 0.767. The first-order valence-corrected chi connectivity index (χ1v) is 8.79. The number of likely N-dealkylation sites (N-methyl/N-ethyl adjacent to an activating group) is 1. The number of amides is 1. The van der Waals surface area contributed by atoms with Crippen molar-refractivity contribution in [3.05, 3.63) is 53.6 Å². The first kappa shape index (κ1) is 18.5. The molecule has 0 radical (unpaired) electrons. The van der Waals surface area contributed by atoms with E-state index in [1.54, 1.807) is 19.1 Å². The number of hydrogen-bond donors (Lipinski definition) is 0. The van der Waals surface area contributed by atoms with Gasteiger partial charge < -0.3 is 14.4 Å². The van der Waals surface area contributed by atoms with Gasteiger partial charge in [0.25, 0.3) is 5.91 Å². The number of anilines is 1. The molecule has 2 aromatic carbocycles. The summed E-state index contributed by atoms with van der Waals surface area (Å²) in [4.78, 5) is 19.6. The third-order valence-corrected chi connectivity index (χ3v) is 4.56. The lowest BCUT2D eigenvalue weighted by molar-refractivity contribution is -0.119. The van der Waals surface area contributed by atoms with Crippen molar-refractivity contribution in [1.29, 1.82) is 0 Å². The Balaban J connectivity index is 2.32. The summed E-state index contributed by atoms with van der Waals surface area (Å²) in [6.45, 7) is 2.43. The van der Waals surface area contributed by atoms with Crippen molar-refractivity contribution in [3.63, 3.8) is 0 Å². The molecule has 5 heteroatoms. The molecule has 0 saturated heterocycles. The molecule has 1 aliphatic heterocycles. The van der Waals surface area contributed by atoms with Gasteiger partial charge in [-0.1, -0.05) is 30.3 Å². The van der Waals surface area contributed by atoms with Gasteiger partial charge in [0.05, 0.1) is 25.6 Å². The average molecular weight is 362 g/mol. The van der Waals surface area contributed by atoms with Gasteiger partial charge in [0, 0.05) is 30.2 Å². The molecule has 5 nitrogen and oxygen atoms in total. The lowest BCUT2D eigenvalue weighted by Crippen LogP contribution is -2.37. The Labute approximate surface area is 159 Å². The fourth-order valence-corrected chi connectivity index (χ4v) is 3.26. The molecule has 138 valence electrons. The number of terminal acetylenes is 1. The van der Waals surface area contributed by atoms with E-state index in [2.05, 4.69) is 5.92 Å². The van der Waals surface area contributed by atoms with Crippen LogP contribution in [0.2, 0.25) is 0 Å². The van der Waals surface area contributed by atoms with E-state index in [4.69, 9.17) is 20.9 Å². The van der Waals surface area contributed by atoms with Crippen LogP contribution in [-0.4, -0.2) is 38.4 Å². The lowest BCUT2D eigenvalue weighted by atomic mass is 9.99. The Morgan fingerprint density at radius 2 is 1.81 bits per heavy atom. The van der Waals surface area contributed by atoms with Crippen molar-refractivity contribution < 1.29 is 14.3 Å². The number of aliphatic imine (C=N–C) groups is 1. The van der Waals surface area contributed by atoms with E-state index < -0.39 is 6.04 Å². The maximum Gasteiger partial charge on any atom is 0.252 e. The second kappa shape index (κ2) is 7.96. The summed E-state index contributed by atoms with van der Waals surface area (Å²) < 4.78 is 10.9. The van der Waals surface area contributed by atoms with Crippen LogP contribution in [0.1, 0.15) is 24.5 Å². The van der Waals surface area contributed by atoms with Gasteiger partial charge >= 0.3 is 0 Å². The highest BCUT2D eigenvalue weighted by atomic mass is 16.5. The Bertz CT molecular complexity index is 913. The van der Waals surface area contributed by atoms with Gasteiger partial charge in [0.2, 0.25) is 0 Å². The van der Waals surface area contributed by atoms with Gasteiger partial charge in [-0.25, -0.2) is 0 Å². The Morgan fingerprint density at radius 1 is 1.15 bits per heavy atom. The number of ether oxygens (including phenoxy) is 2. The van der Waals surface area contributed by atoms with Gasteiger partial charge in [0.15, 0.2) is 11.5 Å². The van der Waals surface area contributed by atoms with Crippen LogP contribution in [0, 0.1) is 12.3 Å². The largest absolute Gasteiger partial charge is 0.493 e. The third-order valence-electron chi connectivity index (χ3n) is 4.56. The van der Waals surface area contributed by atoms with Crippen molar-refractivity contribution in [1.82, 2.24) is 0 Å². The second-order valence-corrected chi connectivity index (χ2v) is 6.07. The van der Waals surface area contributed by atoms with Crippen LogP contribution >= 0.6 is 0 Å². The number of rotatable bonds is 5. The minimum Gasteiger partial charge on any atom is -0.493 e. The number of nitrogens with zero attached hydrogens (tertiary/aromatic N) is 2. The predicted molar refractivity (Wildman–Crippen MR) is 107 cm³/mol. The summed E-state index contributed by atoms with van der Waals surface area (Å²) in [5.74, 6) is 3.61. The minimum absolute atomic E-state index is 0.116. The average Bonchev–Trinajstić information content (AvgIpc) is 2.82. The number of fused-ring (bicyclic) bond motifs is 1. The predicted octanol–water partition coefficient (Wildman–Crippen LogP) is 3.30. The first-order valence-electron chi connectivity index (χ1n) is 8.79. The van der Waals surface area contributed by atoms with E-state index in [1.165, 1.54) is 0 Å². The highest BCUT2D eigenvalue weighted by Gasteiger charge is 2.32. The topological polar surface area (TPSA) is 51.1 Å². The SMILES string of the molecule is C#CCC1N=C(c2ccccc2)c2cc(OC)c(OC)cc2N(CC)C1=O. The molecular formula is C22H22N2O3. The molecule has 0 fully saturated rings. The van der Waals surface area contributed by atoms with E-state index in [0.29, 0.717) is 18.0 Å². The van der Waals surface area contributed by atoms with E-state index in [-0.39, 0.29) is 12.3 Å². The molecule has 1 unspecified atom stereocenters. The zero-order valence-corrected chi connectivity index (χ0v) is 15.7. The van der Waals surface area contributed by atoms with E-state index >= 15 is 0 Å². The molecule has 0 saturated carbocycles. The summed E-state index contributed by atoms with van der Waals surface area (Å²) in [5, 5.41) is 0. The molecule has 0 aliphatic carbocycles. The van der Waals surface area contributed by atoms with E-state index in [0.717, 1.165) is 22.5 Å². The highest BCUT2D eigenvalue weighted by Crippen LogP contribution is 2.38. The van der Waals surface area contributed by atoms with Crippen LogP contribution in [0.5, 0.6) is 11.5 Å². The highest BCUT2D eigenvalue weighted by molar-refractivity contribution is 6.20. The Kier molecular flexibility index (Phi) is 5.46. The summed E-state index contributed by atoms with van der Waals surface area (Å²) in [6.07, 6.45) is 5.75. The number of benzodiazepines with no additional fused rings is 1. The lowest BCUT2D eigenvalue weighted by Gasteiger charge is -2.24. The van der Waals surface area contributed by atoms with Crippen molar-refractivity contribution in [3.8, 4) is 23.8 Å². The molecule has 0 bridgehead atoms. The number of methoxy groups -OCH3 is 2. The van der Waals surface area contributed by atoms with Crippen LogP contribution in [0.15, 0.2) is 47.5 Å². The van der Waals surface area contributed by atoms with Gasteiger partial charge in [-0.3, -0.25) is 9.79 Å². The summed E-state index contributed by atoms with van der Waals surface area (Å²) in [7, 11) is 3.16. The van der Waals surface area contributed by atoms with Gasteiger partial charge in [-0.15, -0.1) is 12.3 Å². The zero-order chi connectivity index (χ0) is 19.4.